The van der Waals surface area contributed by atoms with Crippen molar-refractivity contribution in [2.45, 2.75) is 0 Å². The Morgan fingerprint density at radius 3 is 1.62 bits per heavy atom. The van der Waals surface area contributed by atoms with E-state index >= 15 is 0 Å². The van der Waals surface area contributed by atoms with Crippen molar-refractivity contribution in [1.82, 2.24) is 0 Å². The van der Waals surface area contributed by atoms with E-state index in [0.29, 0.717) is 0 Å². The van der Waals surface area contributed by atoms with Crippen LogP contribution in [-0.2, 0) is 0 Å². The molecule has 0 aromatic heterocycles. The number of hydrogen-bond donors (Lipinski definition) is 0. The van der Waals surface area contributed by atoms with Crippen molar-refractivity contribution >= 4 is 30.9 Å². The van der Waals surface area contributed by atoms with Crippen LogP contribution in [0.5, 0.6) is 0 Å². The second kappa shape index (κ2) is 2.28. The van der Waals surface area contributed by atoms with Gasteiger partial charge in [-0.3, -0.25) is 0 Å². The minimum absolute atomic E-state index is 1.12. The summed E-state index contributed by atoms with van der Waals surface area (Å²) in [4.78, 5) is 0. The zero-order valence-corrected chi connectivity index (χ0v) is 9.15. The Kier molecular flexibility index (Phi) is 1.65. The molecule has 1 rings (SSSR count). The molecule has 0 saturated carbocycles. The Balaban J connectivity index is 3.13. The van der Waals surface area contributed by atoms with Gasteiger partial charge < -0.3 is 0 Å². The molecular weight excluding hydrogens is 128 g/mol. The van der Waals surface area contributed by atoms with Crippen LogP contribution in [0.4, 0.5) is 0 Å². The van der Waals surface area contributed by atoms with Gasteiger partial charge in [-0.2, -0.15) is 0 Å². The van der Waals surface area contributed by atoms with E-state index in [2.05, 4.69) is 12.1 Å². The lowest BCUT2D eigenvalue weighted by Crippen LogP contribution is -2.25. The van der Waals surface area contributed by atoms with E-state index in [1.807, 2.05) is 12.1 Å². The largest absolute Gasteiger partial charge is 0.0642 e. The first-order valence-corrected chi connectivity index (χ1v) is 4.66. The lowest BCUT2D eigenvalue weighted by atomic mass is 10.4. The van der Waals surface area contributed by atoms with Gasteiger partial charge in [0.05, 0.1) is 0 Å². The molecule has 0 unspecified atom stereocenters. The van der Waals surface area contributed by atoms with Gasteiger partial charge in [0.15, 0.2) is 0 Å². The molecule has 0 aliphatic carbocycles. The maximum absolute atomic E-state index is 3.16. The van der Waals surface area contributed by atoms with Gasteiger partial charge in [-0.1, -0.05) is 22.5 Å². The molecule has 1 aromatic rings. The maximum Gasteiger partial charge on any atom is 0.0391 e. The molecule has 40 valence electrons. The van der Waals surface area contributed by atoms with E-state index in [4.69, 9.17) is 0 Å². The second-order valence-electron chi connectivity index (χ2n) is 1.87. The predicted molar refractivity (Wildman–Crippen MR) is 43.3 cm³/mol. The minimum atomic E-state index is 1.12. The van der Waals surface area contributed by atoms with Gasteiger partial charge in [0.1, 0.15) is 0 Å². The second-order valence-corrected chi connectivity index (χ2v) is 3.87. The van der Waals surface area contributed by atoms with Crippen LogP contribution in [-0.4, -0.2) is 20.5 Å². The summed E-state index contributed by atoms with van der Waals surface area (Å²) in [6, 6.07) is 10.2. The third-order valence-corrected chi connectivity index (χ3v) is 4.32. The van der Waals surface area contributed by atoms with Crippen LogP contribution in [0.25, 0.3) is 0 Å². The molecule has 0 aliphatic rings. The van der Waals surface area contributed by atoms with Crippen molar-refractivity contribution in [2.24, 2.45) is 0 Å². The summed E-state index contributed by atoms with van der Waals surface area (Å²) in [6.45, 7) is 0. The molecule has 0 nitrogen and oxygen atoms in total. The topological polar surface area (TPSA) is 0 Å². The average Bonchev–Trinajstić information content (AvgIpc) is 1.77. The van der Waals surface area contributed by atoms with Gasteiger partial charge in [-0.15, -0.1) is 0 Å². The quantitative estimate of drug-likeness (QED) is 0.340. The summed E-state index contributed by atoms with van der Waals surface area (Å²) >= 11 is 0. The molecule has 0 atom stereocenters. The molecule has 2 heteroatoms. The molecule has 0 saturated heterocycles. The maximum atomic E-state index is 3.16. The van der Waals surface area contributed by atoms with Gasteiger partial charge in [-0.25, -0.2) is 0 Å². The van der Waals surface area contributed by atoms with Crippen molar-refractivity contribution in [3.05, 3.63) is 24.3 Å². The average molecular weight is 136 g/mol. The monoisotopic (exact) mass is 136 g/mol. The highest BCUT2D eigenvalue weighted by molar-refractivity contribution is 6.48. The molecule has 0 amide bonds. The van der Waals surface area contributed by atoms with E-state index in [9.17, 15) is 0 Å². The van der Waals surface area contributed by atoms with E-state index < -0.39 is 0 Å². The van der Waals surface area contributed by atoms with Gasteiger partial charge in [0.2, 0.25) is 0 Å². The summed E-state index contributed by atoms with van der Waals surface area (Å²) in [5.41, 5.74) is 0. The van der Waals surface area contributed by atoms with Crippen LogP contribution in [0.1, 0.15) is 0 Å². The van der Waals surface area contributed by atoms with Crippen LogP contribution >= 0.6 is 0 Å². The molecule has 0 fully saturated rings. The summed E-state index contributed by atoms with van der Waals surface area (Å²) in [5, 5.41) is 2.78. The van der Waals surface area contributed by atoms with Gasteiger partial charge in [0.25, 0.3) is 0 Å². The zero-order chi connectivity index (χ0) is 5.98. The molecule has 2 radical (unpaired) electrons. The third-order valence-electron chi connectivity index (χ3n) is 1.25. The molecule has 8 heavy (non-hydrogen) atoms. The van der Waals surface area contributed by atoms with Crippen LogP contribution in [0, 0.1) is 12.1 Å². The minimum Gasteiger partial charge on any atom is -0.0642 e. The first-order valence-electron chi connectivity index (χ1n) is 2.66. The van der Waals surface area contributed by atoms with Crippen molar-refractivity contribution in [1.29, 1.82) is 0 Å². The summed E-state index contributed by atoms with van der Waals surface area (Å²) in [5.74, 6) is 0. The highest BCUT2D eigenvalue weighted by atomic mass is 28.2. The molecule has 1 aromatic carbocycles. The van der Waals surface area contributed by atoms with Gasteiger partial charge in [0, 0.05) is 20.5 Å². The van der Waals surface area contributed by atoms with E-state index in [1.165, 1.54) is 10.4 Å². The molecule has 0 bridgehead atoms. The molecule has 0 aliphatic heterocycles. The van der Waals surface area contributed by atoms with Crippen LogP contribution in [0.15, 0.2) is 12.1 Å². The highest BCUT2D eigenvalue weighted by Crippen LogP contribution is 1.71. The van der Waals surface area contributed by atoms with E-state index in [1.54, 1.807) is 0 Å². The first kappa shape index (κ1) is 5.78. The van der Waals surface area contributed by atoms with Crippen LogP contribution in [0.2, 0.25) is 0 Å². The Hall–Kier alpha value is -0.346. The number of rotatable bonds is 0. The fourth-order valence-electron chi connectivity index (χ4n) is 0.550. The standard InChI is InChI=1S/C6H8Si2/c7-5-3-1-2-4-6(5)8/h1-2H,7-8H3. The Bertz CT molecular complexity index is 163. The van der Waals surface area contributed by atoms with Crippen molar-refractivity contribution in [3.63, 3.8) is 0 Å². The predicted octanol–water partition coefficient (Wildman–Crippen LogP) is -2.73. The molecule has 0 N–H and O–H groups in total. The molecular formula is C6H8Si2. The fraction of sp³-hybridized carbons (Fsp3) is 0. The van der Waals surface area contributed by atoms with Crippen LogP contribution in [0.3, 0.4) is 0 Å². The van der Waals surface area contributed by atoms with Crippen molar-refractivity contribution in [3.8, 4) is 0 Å². The number of hydrogen-bond acceptors (Lipinski definition) is 0. The Labute approximate surface area is 55.8 Å². The fourth-order valence-corrected chi connectivity index (χ4v) is 1.17. The highest BCUT2D eigenvalue weighted by Gasteiger charge is 1.85. The third kappa shape index (κ3) is 1.08. The summed E-state index contributed by atoms with van der Waals surface area (Å²) in [6.07, 6.45) is 0. The lowest BCUT2D eigenvalue weighted by Gasteiger charge is -1.92. The van der Waals surface area contributed by atoms with Gasteiger partial charge in [-0.05, 0) is 12.1 Å². The van der Waals surface area contributed by atoms with Gasteiger partial charge >= 0.3 is 0 Å². The summed E-state index contributed by atoms with van der Waals surface area (Å²) in [7, 11) is 2.25. The number of benzene rings is 1. The normalized spacial score (nSPS) is 10.0. The lowest BCUT2D eigenvalue weighted by molar-refractivity contribution is 1.79. The smallest absolute Gasteiger partial charge is 0.0391 e. The van der Waals surface area contributed by atoms with Crippen molar-refractivity contribution in [2.75, 3.05) is 0 Å². The molecule has 0 heterocycles. The van der Waals surface area contributed by atoms with E-state index in [0.717, 1.165) is 20.5 Å². The summed E-state index contributed by atoms with van der Waals surface area (Å²) < 4.78 is 0. The zero-order valence-electron chi connectivity index (χ0n) is 5.15. The van der Waals surface area contributed by atoms with E-state index in [-0.39, 0.29) is 0 Å². The van der Waals surface area contributed by atoms with Crippen LogP contribution < -0.4 is 10.4 Å². The Morgan fingerprint density at radius 2 is 1.38 bits per heavy atom. The first-order chi connectivity index (χ1) is 3.80. The molecule has 0 spiro atoms. The SMILES string of the molecule is [SiH3]c1[c]cc[c]c1[SiH3]. The Morgan fingerprint density at radius 1 is 1.00 bits per heavy atom. The van der Waals surface area contributed by atoms with Crippen molar-refractivity contribution < 1.29 is 0 Å².